The molecular formula is C10H22N2O. The molecule has 0 bridgehead atoms. The van der Waals surface area contributed by atoms with E-state index in [0.717, 1.165) is 19.8 Å². The molecule has 1 fully saturated rings. The third-order valence-electron chi connectivity index (χ3n) is 2.45. The SMILES string of the molecule is CCOCC(C)NCC1CCCN1. The highest BCUT2D eigenvalue weighted by molar-refractivity contribution is 4.77. The minimum absolute atomic E-state index is 0.474. The highest BCUT2D eigenvalue weighted by atomic mass is 16.5. The summed E-state index contributed by atoms with van der Waals surface area (Å²) in [6, 6.07) is 1.16. The minimum Gasteiger partial charge on any atom is -0.380 e. The van der Waals surface area contributed by atoms with Gasteiger partial charge in [0.1, 0.15) is 0 Å². The molecule has 2 atom stereocenters. The van der Waals surface area contributed by atoms with Crippen LogP contribution in [0.15, 0.2) is 0 Å². The molecule has 2 N–H and O–H groups in total. The van der Waals surface area contributed by atoms with E-state index >= 15 is 0 Å². The lowest BCUT2D eigenvalue weighted by Gasteiger charge is -2.17. The molecule has 13 heavy (non-hydrogen) atoms. The van der Waals surface area contributed by atoms with Gasteiger partial charge in [0.05, 0.1) is 6.61 Å². The first-order valence-corrected chi connectivity index (χ1v) is 5.37. The molecule has 0 aromatic carbocycles. The summed E-state index contributed by atoms with van der Waals surface area (Å²) in [5.41, 5.74) is 0. The second kappa shape index (κ2) is 6.35. The van der Waals surface area contributed by atoms with Crippen molar-refractivity contribution >= 4 is 0 Å². The van der Waals surface area contributed by atoms with Crippen molar-refractivity contribution in [1.82, 2.24) is 10.6 Å². The van der Waals surface area contributed by atoms with Gasteiger partial charge in [-0.2, -0.15) is 0 Å². The molecular weight excluding hydrogens is 164 g/mol. The number of rotatable bonds is 6. The van der Waals surface area contributed by atoms with E-state index in [-0.39, 0.29) is 0 Å². The topological polar surface area (TPSA) is 33.3 Å². The first-order valence-electron chi connectivity index (χ1n) is 5.37. The molecule has 1 heterocycles. The van der Waals surface area contributed by atoms with Crippen LogP contribution in [0, 0.1) is 0 Å². The number of hydrogen-bond donors (Lipinski definition) is 2. The van der Waals surface area contributed by atoms with Crippen molar-refractivity contribution in [3.05, 3.63) is 0 Å². The Hall–Kier alpha value is -0.120. The zero-order chi connectivity index (χ0) is 9.52. The molecule has 1 rings (SSSR count). The molecule has 0 spiro atoms. The van der Waals surface area contributed by atoms with E-state index in [1.54, 1.807) is 0 Å². The third kappa shape index (κ3) is 4.60. The maximum Gasteiger partial charge on any atom is 0.0616 e. The van der Waals surface area contributed by atoms with Crippen molar-refractivity contribution < 1.29 is 4.74 Å². The highest BCUT2D eigenvalue weighted by Crippen LogP contribution is 2.03. The zero-order valence-corrected chi connectivity index (χ0v) is 8.81. The van der Waals surface area contributed by atoms with Crippen LogP contribution >= 0.6 is 0 Å². The van der Waals surface area contributed by atoms with Gasteiger partial charge in [-0.3, -0.25) is 0 Å². The highest BCUT2D eigenvalue weighted by Gasteiger charge is 2.14. The van der Waals surface area contributed by atoms with Gasteiger partial charge in [0.25, 0.3) is 0 Å². The van der Waals surface area contributed by atoms with Gasteiger partial charge in [0.2, 0.25) is 0 Å². The van der Waals surface area contributed by atoms with Gasteiger partial charge < -0.3 is 15.4 Å². The fraction of sp³-hybridized carbons (Fsp3) is 1.00. The Balaban J connectivity index is 1.97. The molecule has 0 amide bonds. The molecule has 1 saturated heterocycles. The average molecular weight is 186 g/mol. The summed E-state index contributed by atoms with van der Waals surface area (Å²) in [4.78, 5) is 0. The number of hydrogen-bond acceptors (Lipinski definition) is 3. The van der Waals surface area contributed by atoms with E-state index in [1.165, 1.54) is 19.4 Å². The van der Waals surface area contributed by atoms with Crippen LogP contribution in [0.4, 0.5) is 0 Å². The van der Waals surface area contributed by atoms with Crippen molar-refractivity contribution in [3.8, 4) is 0 Å². The molecule has 3 nitrogen and oxygen atoms in total. The van der Waals surface area contributed by atoms with Gasteiger partial charge in [-0.05, 0) is 33.2 Å². The second-order valence-corrected chi connectivity index (χ2v) is 3.76. The Morgan fingerprint density at radius 1 is 1.62 bits per heavy atom. The van der Waals surface area contributed by atoms with Gasteiger partial charge >= 0.3 is 0 Å². The standard InChI is InChI=1S/C10H22N2O/c1-3-13-8-9(2)12-7-10-5-4-6-11-10/h9-12H,3-8H2,1-2H3. The van der Waals surface area contributed by atoms with Gasteiger partial charge in [-0.15, -0.1) is 0 Å². The van der Waals surface area contributed by atoms with Crippen LogP contribution in [-0.2, 0) is 4.74 Å². The fourth-order valence-corrected chi connectivity index (χ4v) is 1.63. The van der Waals surface area contributed by atoms with E-state index < -0.39 is 0 Å². The van der Waals surface area contributed by atoms with Crippen LogP contribution in [0.3, 0.4) is 0 Å². The fourth-order valence-electron chi connectivity index (χ4n) is 1.63. The first kappa shape index (κ1) is 11.0. The predicted octanol–water partition coefficient (Wildman–Crippen LogP) is 0.753. The van der Waals surface area contributed by atoms with Gasteiger partial charge in [-0.25, -0.2) is 0 Å². The third-order valence-corrected chi connectivity index (χ3v) is 2.45. The Kier molecular flexibility index (Phi) is 5.35. The van der Waals surface area contributed by atoms with Crippen LogP contribution in [0.2, 0.25) is 0 Å². The Morgan fingerprint density at radius 2 is 2.46 bits per heavy atom. The van der Waals surface area contributed by atoms with Crippen LogP contribution < -0.4 is 10.6 Å². The van der Waals surface area contributed by atoms with Crippen LogP contribution in [0.25, 0.3) is 0 Å². The van der Waals surface area contributed by atoms with Crippen molar-refractivity contribution in [2.24, 2.45) is 0 Å². The van der Waals surface area contributed by atoms with Crippen molar-refractivity contribution in [2.45, 2.75) is 38.8 Å². The monoisotopic (exact) mass is 186 g/mol. The molecule has 78 valence electrons. The lowest BCUT2D eigenvalue weighted by Crippen LogP contribution is -2.40. The summed E-state index contributed by atoms with van der Waals surface area (Å²) in [6.07, 6.45) is 2.64. The predicted molar refractivity (Wildman–Crippen MR) is 55.0 cm³/mol. The molecule has 0 aromatic rings. The Bertz CT molecular complexity index is 124. The molecule has 1 aliphatic heterocycles. The first-order chi connectivity index (χ1) is 6.33. The summed E-state index contributed by atoms with van der Waals surface area (Å²) in [7, 11) is 0. The molecule has 0 saturated carbocycles. The lowest BCUT2D eigenvalue weighted by atomic mass is 10.2. The molecule has 0 aromatic heterocycles. The van der Waals surface area contributed by atoms with E-state index in [0.29, 0.717) is 12.1 Å². The van der Waals surface area contributed by atoms with Gasteiger partial charge in [0, 0.05) is 25.2 Å². The van der Waals surface area contributed by atoms with Crippen LogP contribution in [-0.4, -0.2) is 38.4 Å². The smallest absolute Gasteiger partial charge is 0.0616 e. The zero-order valence-electron chi connectivity index (χ0n) is 8.81. The van der Waals surface area contributed by atoms with Gasteiger partial charge in [-0.1, -0.05) is 0 Å². The number of ether oxygens (including phenoxy) is 1. The maximum atomic E-state index is 5.33. The Labute approximate surface area is 81.2 Å². The summed E-state index contributed by atoms with van der Waals surface area (Å²) < 4.78 is 5.33. The molecule has 1 aliphatic rings. The van der Waals surface area contributed by atoms with E-state index in [9.17, 15) is 0 Å². The normalized spacial score (nSPS) is 24.9. The number of nitrogens with one attached hydrogen (secondary N) is 2. The molecule has 0 radical (unpaired) electrons. The van der Waals surface area contributed by atoms with Crippen molar-refractivity contribution in [3.63, 3.8) is 0 Å². The minimum atomic E-state index is 0.474. The molecule has 2 unspecified atom stereocenters. The second-order valence-electron chi connectivity index (χ2n) is 3.76. The van der Waals surface area contributed by atoms with Crippen LogP contribution in [0.1, 0.15) is 26.7 Å². The van der Waals surface area contributed by atoms with Crippen LogP contribution in [0.5, 0.6) is 0 Å². The average Bonchev–Trinajstić information content (AvgIpc) is 2.64. The summed E-state index contributed by atoms with van der Waals surface area (Å²) >= 11 is 0. The van der Waals surface area contributed by atoms with E-state index in [2.05, 4.69) is 17.6 Å². The van der Waals surface area contributed by atoms with Crippen molar-refractivity contribution in [2.75, 3.05) is 26.3 Å². The summed E-state index contributed by atoms with van der Waals surface area (Å²) in [5, 5.41) is 6.94. The largest absolute Gasteiger partial charge is 0.380 e. The van der Waals surface area contributed by atoms with E-state index in [1.807, 2.05) is 6.92 Å². The maximum absolute atomic E-state index is 5.33. The summed E-state index contributed by atoms with van der Waals surface area (Å²) in [5.74, 6) is 0. The van der Waals surface area contributed by atoms with Gasteiger partial charge in [0.15, 0.2) is 0 Å². The van der Waals surface area contributed by atoms with Crippen molar-refractivity contribution in [1.29, 1.82) is 0 Å². The quantitative estimate of drug-likeness (QED) is 0.642. The molecule has 3 heteroatoms. The van der Waals surface area contributed by atoms with E-state index in [4.69, 9.17) is 4.74 Å². The molecule has 0 aliphatic carbocycles. The Morgan fingerprint density at radius 3 is 3.08 bits per heavy atom. The lowest BCUT2D eigenvalue weighted by molar-refractivity contribution is 0.126. The summed E-state index contributed by atoms with van der Waals surface area (Å²) in [6.45, 7) is 8.10.